The van der Waals surface area contributed by atoms with E-state index in [-0.39, 0.29) is 38.2 Å². The van der Waals surface area contributed by atoms with E-state index in [1.54, 1.807) is 4.90 Å². The van der Waals surface area contributed by atoms with E-state index in [0.717, 1.165) is 25.7 Å². The van der Waals surface area contributed by atoms with Crippen LogP contribution in [0.15, 0.2) is 0 Å². The third-order valence-electron chi connectivity index (χ3n) is 4.08. The first-order valence-corrected chi connectivity index (χ1v) is 6.83. The van der Waals surface area contributed by atoms with Gasteiger partial charge < -0.3 is 10.0 Å². The number of hydrogen-bond acceptors (Lipinski definition) is 4. The Kier molecular flexibility index (Phi) is 4.72. The molecular weight excluding hydrogens is 249 g/mol. The molecule has 19 heavy (non-hydrogen) atoms. The standard InChI is InChI=1S/C13H20FN3O2/c14-10-5-12(6-15)16(7-10)8-13(19)17(9-18)11-3-1-2-4-11/h10-12,18H,1-5,7-9H2/t10-,12-/m0/s1. The van der Waals surface area contributed by atoms with Crippen molar-refractivity contribution in [2.75, 3.05) is 19.8 Å². The predicted octanol–water partition coefficient (Wildman–Crippen LogP) is 0.643. The number of alkyl halides is 1. The molecule has 1 saturated carbocycles. The van der Waals surface area contributed by atoms with Gasteiger partial charge >= 0.3 is 0 Å². The van der Waals surface area contributed by atoms with Crippen LogP contribution in [0.25, 0.3) is 0 Å². The highest BCUT2D eigenvalue weighted by molar-refractivity contribution is 5.78. The van der Waals surface area contributed by atoms with E-state index in [4.69, 9.17) is 5.26 Å². The van der Waals surface area contributed by atoms with Crippen molar-refractivity contribution in [3.8, 4) is 6.07 Å². The van der Waals surface area contributed by atoms with E-state index < -0.39 is 12.2 Å². The van der Waals surface area contributed by atoms with Gasteiger partial charge in [0.05, 0.1) is 12.6 Å². The first-order valence-electron chi connectivity index (χ1n) is 6.83. The van der Waals surface area contributed by atoms with Crippen molar-refractivity contribution in [2.24, 2.45) is 0 Å². The van der Waals surface area contributed by atoms with Crippen LogP contribution in [0, 0.1) is 11.3 Å². The van der Waals surface area contributed by atoms with Gasteiger partial charge in [0.25, 0.3) is 0 Å². The number of rotatable bonds is 4. The number of aliphatic hydroxyl groups excluding tert-OH is 1. The Hall–Kier alpha value is -1.19. The number of halogens is 1. The molecule has 0 spiro atoms. The van der Waals surface area contributed by atoms with Crippen molar-refractivity contribution in [3.05, 3.63) is 0 Å². The summed E-state index contributed by atoms with van der Waals surface area (Å²) >= 11 is 0. The molecule has 0 radical (unpaired) electrons. The lowest BCUT2D eigenvalue weighted by Gasteiger charge is -2.29. The number of hydrogen-bond donors (Lipinski definition) is 1. The number of carbonyl (C=O) groups is 1. The number of aliphatic hydroxyl groups is 1. The quantitative estimate of drug-likeness (QED) is 0.761. The first kappa shape index (κ1) is 14.2. The Labute approximate surface area is 112 Å². The van der Waals surface area contributed by atoms with Gasteiger partial charge in [-0.3, -0.25) is 9.69 Å². The van der Waals surface area contributed by atoms with Crippen LogP contribution in [0.4, 0.5) is 4.39 Å². The second-order valence-electron chi connectivity index (χ2n) is 5.35. The van der Waals surface area contributed by atoms with Crippen LogP contribution in [0.5, 0.6) is 0 Å². The van der Waals surface area contributed by atoms with Crippen molar-refractivity contribution < 1.29 is 14.3 Å². The van der Waals surface area contributed by atoms with Crippen LogP contribution in [-0.2, 0) is 4.79 Å². The van der Waals surface area contributed by atoms with Gasteiger partial charge in [0.2, 0.25) is 5.91 Å². The van der Waals surface area contributed by atoms with Crippen LogP contribution < -0.4 is 0 Å². The van der Waals surface area contributed by atoms with E-state index in [9.17, 15) is 14.3 Å². The molecule has 0 aromatic rings. The van der Waals surface area contributed by atoms with Gasteiger partial charge in [-0.05, 0) is 12.8 Å². The summed E-state index contributed by atoms with van der Waals surface area (Å²) in [7, 11) is 0. The van der Waals surface area contributed by atoms with Gasteiger partial charge in [-0.2, -0.15) is 5.26 Å². The Morgan fingerprint density at radius 3 is 2.74 bits per heavy atom. The average molecular weight is 269 g/mol. The van der Waals surface area contributed by atoms with Crippen LogP contribution in [0.1, 0.15) is 32.1 Å². The first-order chi connectivity index (χ1) is 9.15. The van der Waals surface area contributed by atoms with Crippen molar-refractivity contribution in [1.29, 1.82) is 5.26 Å². The van der Waals surface area contributed by atoms with Gasteiger partial charge in [-0.25, -0.2) is 4.39 Å². The zero-order valence-electron chi connectivity index (χ0n) is 11.0. The lowest BCUT2D eigenvalue weighted by atomic mass is 10.2. The second-order valence-corrected chi connectivity index (χ2v) is 5.35. The molecule has 5 nitrogen and oxygen atoms in total. The van der Waals surface area contributed by atoms with Gasteiger partial charge in [0, 0.05) is 19.0 Å². The molecule has 6 heteroatoms. The monoisotopic (exact) mass is 269 g/mol. The highest BCUT2D eigenvalue weighted by atomic mass is 19.1. The Morgan fingerprint density at radius 1 is 1.47 bits per heavy atom. The zero-order valence-corrected chi connectivity index (χ0v) is 11.0. The summed E-state index contributed by atoms with van der Waals surface area (Å²) in [4.78, 5) is 15.2. The molecule has 0 aromatic heterocycles. The van der Waals surface area contributed by atoms with E-state index in [1.165, 1.54) is 4.90 Å². The summed E-state index contributed by atoms with van der Waals surface area (Å²) in [5.74, 6) is -0.205. The molecule has 0 bridgehead atoms. The molecule has 2 fully saturated rings. The fraction of sp³-hybridized carbons (Fsp3) is 0.846. The van der Waals surface area contributed by atoms with Crippen molar-refractivity contribution in [3.63, 3.8) is 0 Å². The number of likely N-dealkylation sites (tertiary alicyclic amines) is 1. The van der Waals surface area contributed by atoms with Crippen LogP contribution in [0.2, 0.25) is 0 Å². The third kappa shape index (κ3) is 3.23. The largest absolute Gasteiger partial charge is 0.376 e. The maximum Gasteiger partial charge on any atom is 0.238 e. The fourth-order valence-corrected chi connectivity index (χ4v) is 3.04. The molecule has 2 rings (SSSR count). The maximum atomic E-state index is 13.3. The van der Waals surface area contributed by atoms with Crippen molar-refractivity contribution >= 4 is 5.91 Å². The molecule has 1 saturated heterocycles. The summed E-state index contributed by atoms with van der Waals surface area (Å²) in [5, 5.41) is 18.3. The average Bonchev–Trinajstić information content (AvgIpc) is 3.00. The topological polar surface area (TPSA) is 67.6 Å². The molecular formula is C13H20FN3O2. The maximum absolute atomic E-state index is 13.3. The molecule has 106 valence electrons. The number of nitriles is 1. The lowest BCUT2D eigenvalue weighted by Crippen LogP contribution is -2.46. The summed E-state index contributed by atoms with van der Waals surface area (Å²) in [6.45, 7) is -0.142. The van der Waals surface area contributed by atoms with Crippen LogP contribution >= 0.6 is 0 Å². The van der Waals surface area contributed by atoms with Crippen molar-refractivity contribution in [2.45, 2.75) is 50.4 Å². The van der Waals surface area contributed by atoms with Crippen LogP contribution in [-0.4, -0.2) is 58.9 Å². The molecule has 1 aliphatic heterocycles. The normalized spacial score (nSPS) is 28.5. The summed E-state index contributed by atoms with van der Waals surface area (Å²) in [6.07, 6.45) is 3.12. The Bertz CT molecular complexity index is 365. The molecule has 2 aliphatic rings. The molecule has 0 aromatic carbocycles. The molecule has 2 atom stereocenters. The van der Waals surface area contributed by atoms with E-state index in [0.29, 0.717) is 0 Å². The molecule has 1 N–H and O–H groups in total. The summed E-state index contributed by atoms with van der Waals surface area (Å²) in [6, 6.07) is 1.60. The minimum absolute atomic E-state index is 0.0235. The minimum atomic E-state index is -1.04. The highest BCUT2D eigenvalue weighted by Gasteiger charge is 2.35. The molecule has 1 aliphatic carbocycles. The fourth-order valence-electron chi connectivity index (χ4n) is 3.04. The summed E-state index contributed by atoms with van der Waals surface area (Å²) in [5.41, 5.74) is 0. The van der Waals surface area contributed by atoms with Gasteiger partial charge in [0.1, 0.15) is 18.9 Å². The summed E-state index contributed by atoms with van der Waals surface area (Å²) < 4.78 is 13.3. The lowest BCUT2D eigenvalue weighted by molar-refractivity contribution is -0.139. The smallest absolute Gasteiger partial charge is 0.238 e. The minimum Gasteiger partial charge on any atom is -0.376 e. The number of carbonyl (C=O) groups excluding carboxylic acids is 1. The Balaban J connectivity index is 1.93. The van der Waals surface area contributed by atoms with Crippen molar-refractivity contribution in [1.82, 2.24) is 9.80 Å². The number of nitrogens with zero attached hydrogens (tertiary/aromatic N) is 3. The zero-order chi connectivity index (χ0) is 13.8. The van der Waals surface area contributed by atoms with Gasteiger partial charge in [-0.15, -0.1) is 0 Å². The molecule has 1 heterocycles. The van der Waals surface area contributed by atoms with E-state index in [1.807, 2.05) is 6.07 Å². The van der Waals surface area contributed by atoms with Gasteiger partial charge in [0.15, 0.2) is 0 Å². The number of amides is 1. The van der Waals surface area contributed by atoms with E-state index >= 15 is 0 Å². The second kappa shape index (κ2) is 6.31. The third-order valence-corrected chi connectivity index (χ3v) is 4.08. The Morgan fingerprint density at radius 2 is 2.16 bits per heavy atom. The van der Waals surface area contributed by atoms with E-state index in [2.05, 4.69) is 0 Å². The van der Waals surface area contributed by atoms with Gasteiger partial charge in [-0.1, -0.05) is 12.8 Å². The van der Waals surface area contributed by atoms with Crippen LogP contribution in [0.3, 0.4) is 0 Å². The SMILES string of the molecule is N#C[C@@H]1C[C@H](F)CN1CC(=O)N(CO)C1CCCC1. The highest BCUT2D eigenvalue weighted by Crippen LogP contribution is 2.24. The predicted molar refractivity (Wildman–Crippen MR) is 66.7 cm³/mol. The molecule has 1 amide bonds. The molecule has 0 unspecified atom stereocenters.